The van der Waals surface area contributed by atoms with Gasteiger partial charge in [0.05, 0.1) is 17.9 Å². The summed E-state index contributed by atoms with van der Waals surface area (Å²) in [7, 11) is 0. The molecule has 4 rings (SSSR count). The molecule has 0 aliphatic carbocycles. The Balaban J connectivity index is 1.32. The standard InChI is InChI=1S/C21H23FN4O2/c22-15-5-7-16(8-6-15)23-17-9-11-25(12-10-17)14-21(28)26-13-20(27)24-18-3-1-2-4-19(18)26/h1-8,17,23H,9-14H2,(H,24,27). The monoisotopic (exact) mass is 382 g/mol. The van der Waals surface area contributed by atoms with E-state index in [1.807, 2.05) is 18.2 Å². The third-order valence-corrected chi connectivity index (χ3v) is 5.23. The van der Waals surface area contributed by atoms with Crippen molar-refractivity contribution >= 4 is 28.9 Å². The Hall–Kier alpha value is -2.93. The molecule has 6 nitrogen and oxygen atoms in total. The number of hydrogen-bond donors (Lipinski definition) is 2. The van der Waals surface area contributed by atoms with Crippen molar-refractivity contribution in [3.8, 4) is 0 Å². The number of hydrogen-bond acceptors (Lipinski definition) is 4. The Bertz CT molecular complexity index is 863. The second-order valence-electron chi connectivity index (χ2n) is 7.25. The van der Waals surface area contributed by atoms with Crippen molar-refractivity contribution in [2.45, 2.75) is 18.9 Å². The lowest BCUT2D eigenvalue weighted by Crippen LogP contribution is -2.49. The van der Waals surface area contributed by atoms with Gasteiger partial charge in [0.1, 0.15) is 12.4 Å². The number of carbonyl (C=O) groups is 2. The number of likely N-dealkylation sites (tertiary alicyclic amines) is 1. The predicted molar refractivity (Wildman–Crippen MR) is 107 cm³/mol. The molecule has 2 aliphatic rings. The van der Waals surface area contributed by atoms with E-state index in [1.165, 1.54) is 12.1 Å². The third-order valence-electron chi connectivity index (χ3n) is 5.23. The van der Waals surface area contributed by atoms with E-state index in [2.05, 4.69) is 15.5 Å². The summed E-state index contributed by atoms with van der Waals surface area (Å²) in [6.07, 6.45) is 1.81. The number of piperidine rings is 1. The van der Waals surface area contributed by atoms with E-state index in [0.29, 0.717) is 18.3 Å². The quantitative estimate of drug-likeness (QED) is 0.853. The molecule has 0 spiro atoms. The number of nitrogens with one attached hydrogen (secondary N) is 2. The van der Waals surface area contributed by atoms with Gasteiger partial charge in [-0.25, -0.2) is 4.39 Å². The first kappa shape index (κ1) is 18.4. The number of para-hydroxylation sites is 2. The Morgan fingerprint density at radius 1 is 1.11 bits per heavy atom. The van der Waals surface area contributed by atoms with Crippen LogP contribution >= 0.6 is 0 Å². The number of fused-ring (bicyclic) bond motifs is 1. The zero-order chi connectivity index (χ0) is 19.5. The second kappa shape index (κ2) is 7.98. The maximum atomic E-state index is 13.0. The van der Waals surface area contributed by atoms with E-state index >= 15 is 0 Å². The molecule has 0 aromatic heterocycles. The lowest BCUT2D eigenvalue weighted by molar-refractivity contribution is -0.122. The van der Waals surface area contributed by atoms with Gasteiger partial charge in [0, 0.05) is 24.8 Å². The van der Waals surface area contributed by atoms with E-state index in [1.54, 1.807) is 23.1 Å². The van der Waals surface area contributed by atoms with E-state index < -0.39 is 0 Å². The van der Waals surface area contributed by atoms with Gasteiger partial charge in [0.2, 0.25) is 11.8 Å². The summed E-state index contributed by atoms with van der Waals surface area (Å²) in [5, 5.41) is 6.23. The van der Waals surface area contributed by atoms with Crippen LogP contribution in [0.5, 0.6) is 0 Å². The van der Waals surface area contributed by atoms with Gasteiger partial charge < -0.3 is 10.6 Å². The lowest BCUT2D eigenvalue weighted by atomic mass is 10.0. The molecule has 2 heterocycles. The van der Waals surface area contributed by atoms with Gasteiger partial charge in [-0.15, -0.1) is 0 Å². The van der Waals surface area contributed by atoms with Crippen LogP contribution in [0.3, 0.4) is 0 Å². The van der Waals surface area contributed by atoms with Crippen molar-refractivity contribution in [3.05, 3.63) is 54.3 Å². The third kappa shape index (κ3) is 4.14. The minimum absolute atomic E-state index is 0.0540. The highest BCUT2D eigenvalue weighted by Crippen LogP contribution is 2.29. The summed E-state index contributed by atoms with van der Waals surface area (Å²) in [6.45, 7) is 1.95. The molecule has 7 heteroatoms. The van der Waals surface area contributed by atoms with Gasteiger partial charge in [0.25, 0.3) is 0 Å². The number of anilines is 3. The minimum atomic E-state index is -0.244. The maximum Gasteiger partial charge on any atom is 0.244 e. The lowest BCUT2D eigenvalue weighted by Gasteiger charge is -2.35. The summed E-state index contributed by atoms with van der Waals surface area (Å²) in [5.41, 5.74) is 2.33. The van der Waals surface area contributed by atoms with Crippen LogP contribution in [0.4, 0.5) is 21.5 Å². The van der Waals surface area contributed by atoms with Crippen LogP contribution in [0, 0.1) is 5.82 Å². The Labute approximate surface area is 163 Å². The van der Waals surface area contributed by atoms with E-state index in [0.717, 1.165) is 37.3 Å². The van der Waals surface area contributed by atoms with Crippen LogP contribution in [0.1, 0.15) is 12.8 Å². The first-order valence-electron chi connectivity index (χ1n) is 9.52. The molecule has 1 fully saturated rings. The molecule has 146 valence electrons. The highest BCUT2D eigenvalue weighted by atomic mass is 19.1. The van der Waals surface area contributed by atoms with Crippen molar-refractivity contribution in [1.82, 2.24) is 4.90 Å². The average Bonchev–Trinajstić information content (AvgIpc) is 2.70. The average molecular weight is 382 g/mol. The minimum Gasteiger partial charge on any atom is -0.382 e. The van der Waals surface area contributed by atoms with E-state index in [9.17, 15) is 14.0 Å². The van der Waals surface area contributed by atoms with E-state index in [4.69, 9.17) is 0 Å². The van der Waals surface area contributed by atoms with Crippen LogP contribution in [0.2, 0.25) is 0 Å². The first-order chi connectivity index (χ1) is 13.6. The Kier molecular flexibility index (Phi) is 5.25. The smallest absolute Gasteiger partial charge is 0.244 e. The van der Waals surface area contributed by atoms with Gasteiger partial charge >= 0.3 is 0 Å². The highest BCUT2D eigenvalue weighted by Gasteiger charge is 2.29. The van der Waals surface area contributed by atoms with Gasteiger partial charge in [-0.3, -0.25) is 19.4 Å². The number of rotatable bonds is 4. The normalized spacial score (nSPS) is 17.8. The summed E-state index contributed by atoms with van der Waals surface area (Å²) >= 11 is 0. The molecule has 2 amide bonds. The molecule has 2 N–H and O–H groups in total. The largest absolute Gasteiger partial charge is 0.382 e. The maximum absolute atomic E-state index is 13.0. The molecule has 0 bridgehead atoms. The van der Waals surface area contributed by atoms with Gasteiger partial charge in [-0.05, 0) is 49.2 Å². The zero-order valence-electron chi connectivity index (χ0n) is 15.5. The molecule has 1 saturated heterocycles. The topological polar surface area (TPSA) is 64.7 Å². The number of nitrogens with zero attached hydrogens (tertiary/aromatic N) is 2. The van der Waals surface area contributed by atoms with Gasteiger partial charge in [0.15, 0.2) is 0 Å². The van der Waals surface area contributed by atoms with Gasteiger partial charge in [-0.2, -0.15) is 0 Å². The van der Waals surface area contributed by atoms with Crippen LogP contribution in [-0.2, 0) is 9.59 Å². The molecule has 28 heavy (non-hydrogen) atoms. The predicted octanol–water partition coefficient (Wildman–Crippen LogP) is 2.69. The summed E-state index contributed by atoms with van der Waals surface area (Å²) in [5.74, 6) is -0.478. The Morgan fingerprint density at radius 2 is 1.82 bits per heavy atom. The molecular formula is C21H23FN4O2. The molecule has 2 aromatic rings. The van der Waals surface area contributed by atoms with Gasteiger partial charge in [-0.1, -0.05) is 12.1 Å². The van der Waals surface area contributed by atoms with Crippen LogP contribution < -0.4 is 15.5 Å². The molecule has 2 aliphatic heterocycles. The van der Waals surface area contributed by atoms with Crippen LogP contribution in [0.15, 0.2) is 48.5 Å². The second-order valence-corrected chi connectivity index (χ2v) is 7.25. The number of amides is 2. The van der Waals surface area contributed by atoms with Crippen molar-refractivity contribution in [3.63, 3.8) is 0 Å². The molecule has 0 saturated carbocycles. The molecule has 0 unspecified atom stereocenters. The van der Waals surface area contributed by atoms with Crippen molar-refractivity contribution < 1.29 is 14.0 Å². The summed E-state index contributed by atoms with van der Waals surface area (Å²) < 4.78 is 13.0. The SMILES string of the molecule is O=C1CN(C(=O)CN2CCC(Nc3ccc(F)cc3)CC2)c2ccccc2N1. The van der Waals surface area contributed by atoms with E-state index in [-0.39, 0.29) is 24.2 Å². The fourth-order valence-corrected chi connectivity index (χ4v) is 3.75. The van der Waals surface area contributed by atoms with Crippen LogP contribution in [-0.4, -0.2) is 48.9 Å². The molecular weight excluding hydrogens is 359 g/mol. The Morgan fingerprint density at radius 3 is 2.57 bits per heavy atom. The fourth-order valence-electron chi connectivity index (χ4n) is 3.75. The fraction of sp³-hybridized carbons (Fsp3) is 0.333. The number of carbonyl (C=O) groups excluding carboxylic acids is 2. The zero-order valence-corrected chi connectivity index (χ0v) is 15.5. The van der Waals surface area contributed by atoms with Crippen LogP contribution in [0.25, 0.3) is 0 Å². The highest BCUT2D eigenvalue weighted by molar-refractivity contribution is 6.10. The number of benzene rings is 2. The van der Waals surface area contributed by atoms with Crippen molar-refractivity contribution in [2.75, 3.05) is 41.7 Å². The van der Waals surface area contributed by atoms with Crippen molar-refractivity contribution in [2.24, 2.45) is 0 Å². The van der Waals surface area contributed by atoms with Crippen molar-refractivity contribution in [1.29, 1.82) is 0 Å². The summed E-state index contributed by atoms with van der Waals surface area (Å²) in [6, 6.07) is 14.0. The molecule has 0 radical (unpaired) electrons. The molecule has 0 atom stereocenters. The molecule has 2 aromatic carbocycles. The summed E-state index contributed by atoms with van der Waals surface area (Å²) in [4.78, 5) is 28.4. The first-order valence-corrected chi connectivity index (χ1v) is 9.52. The number of halogens is 1.